The van der Waals surface area contributed by atoms with Crippen molar-refractivity contribution in [2.45, 2.75) is 20.0 Å². The Morgan fingerprint density at radius 3 is 2.66 bits per heavy atom. The molecule has 6 nitrogen and oxygen atoms in total. The number of nitrogens with zero attached hydrogens (tertiary/aromatic N) is 1. The molecular formula is C25H24ClN3O3. The molecule has 2 N–H and O–H groups in total. The van der Waals surface area contributed by atoms with Crippen molar-refractivity contribution in [2.75, 3.05) is 16.9 Å². The van der Waals surface area contributed by atoms with E-state index in [4.69, 9.17) is 16.3 Å². The normalized spacial score (nSPS) is 15.5. The van der Waals surface area contributed by atoms with Crippen LogP contribution in [0.1, 0.15) is 17.5 Å². The number of carbonyl (C=O) groups excluding carboxylic acids is 2. The molecule has 7 heteroatoms. The van der Waals surface area contributed by atoms with Crippen LogP contribution < -0.4 is 20.5 Å². The minimum absolute atomic E-state index is 0.0519. The van der Waals surface area contributed by atoms with Gasteiger partial charge in [0.05, 0.1) is 11.6 Å². The van der Waals surface area contributed by atoms with E-state index in [1.54, 1.807) is 11.0 Å². The second-order valence-corrected chi connectivity index (χ2v) is 8.17. The van der Waals surface area contributed by atoms with Crippen LogP contribution in [0.25, 0.3) is 0 Å². The van der Waals surface area contributed by atoms with E-state index in [1.807, 2.05) is 73.7 Å². The molecule has 1 atom stereocenters. The maximum atomic E-state index is 12.6. The lowest BCUT2D eigenvalue weighted by Gasteiger charge is -2.17. The van der Waals surface area contributed by atoms with E-state index in [0.717, 1.165) is 16.8 Å². The highest BCUT2D eigenvalue weighted by atomic mass is 35.5. The maximum Gasteiger partial charge on any atom is 0.243 e. The van der Waals surface area contributed by atoms with Crippen LogP contribution in [0.15, 0.2) is 72.8 Å². The van der Waals surface area contributed by atoms with Crippen LogP contribution in [-0.2, 0) is 16.2 Å². The van der Waals surface area contributed by atoms with Crippen molar-refractivity contribution < 1.29 is 14.3 Å². The van der Waals surface area contributed by atoms with Gasteiger partial charge in [-0.3, -0.25) is 20.4 Å². The molecule has 1 fully saturated rings. The van der Waals surface area contributed by atoms with Gasteiger partial charge in [-0.15, -0.1) is 0 Å². The monoisotopic (exact) mass is 449 g/mol. The molecule has 1 heterocycles. The number of rotatable bonds is 7. The first-order valence-electron chi connectivity index (χ1n) is 10.4. The van der Waals surface area contributed by atoms with Gasteiger partial charge in [0.1, 0.15) is 12.4 Å². The molecule has 4 rings (SSSR count). The van der Waals surface area contributed by atoms with E-state index in [1.165, 1.54) is 0 Å². The van der Waals surface area contributed by atoms with Crippen LogP contribution in [-0.4, -0.2) is 18.4 Å². The average molecular weight is 450 g/mol. The molecular weight excluding hydrogens is 426 g/mol. The molecule has 3 aromatic rings. The summed E-state index contributed by atoms with van der Waals surface area (Å²) in [7, 11) is 0. The smallest absolute Gasteiger partial charge is 0.243 e. The van der Waals surface area contributed by atoms with Crippen molar-refractivity contribution in [3.8, 4) is 5.75 Å². The molecule has 0 aromatic heterocycles. The number of aryl methyl sites for hydroxylation is 1. The molecule has 0 radical (unpaired) electrons. The van der Waals surface area contributed by atoms with Crippen molar-refractivity contribution >= 4 is 34.8 Å². The van der Waals surface area contributed by atoms with Crippen LogP contribution in [0.3, 0.4) is 0 Å². The zero-order chi connectivity index (χ0) is 22.5. The number of hydrogen-bond acceptors (Lipinski definition) is 4. The van der Waals surface area contributed by atoms with Crippen molar-refractivity contribution in [3.05, 3.63) is 88.9 Å². The van der Waals surface area contributed by atoms with E-state index < -0.39 is 5.92 Å². The summed E-state index contributed by atoms with van der Waals surface area (Å²) >= 11 is 6.17. The van der Waals surface area contributed by atoms with Crippen LogP contribution >= 0.6 is 11.6 Å². The molecule has 164 valence electrons. The van der Waals surface area contributed by atoms with Crippen molar-refractivity contribution in [3.63, 3.8) is 0 Å². The van der Waals surface area contributed by atoms with Gasteiger partial charge in [0.2, 0.25) is 11.8 Å². The van der Waals surface area contributed by atoms with Crippen LogP contribution in [0.4, 0.5) is 11.4 Å². The summed E-state index contributed by atoms with van der Waals surface area (Å²) in [6.45, 7) is 2.69. The molecule has 32 heavy (non-hydrogen) atoms. The Labute approximate surface area is 192 Å². The molecule has 2 amide bonds. The van der Waals surface area contributed by atoms with Gasteiger partial charge in [0.15, 0.2) is 0 Å². The Hall–Kier alpha value is -3.51. The van der Waals surface area contributed by atoms with Crippen molar-refractivity contribution in [1.82, 2.24) is 5.43 Å². The number of ether oxygens (including phenoxy) is 1. The first kappa shape index (κ1) is 21.7. The first-order chi connectivity index (χ1) is 15.5. The highest BCUT2D eigenvalue weighted by molar-refractivity contribution is 6.31. The molecule has 1 saturated heterocycles. The topological polar surface area (TPSA) is 70.7 Å². The van der Waals surface area contributed by atoms with Gasteiger partial charge in [-0.05, 0) is 37.3 Å². The van der Waals surface area contributed by atoms with Gasteiger partial charge in [-0.25, -0.2) is 0 Å². The molecule has 0 saturated carbocycles. The third kappa shape index (κ3) is 5.21. The summed E-state index contributed by atoms with van der Waals surface area (Å²) in [6.07, 6.45) is 0.183. The van der Waals surface area contributed by atoms with Gasteiger partial charge in [-0.1, -0.05) is 53.6 Å². The van der Waals surface area contributed by atoms with E-state index in [9.17, 15) is 9.59 Å². The standard InChI is InChI=1S/C25H24ClN3O3/c1-17-9-11-21(12-10-17)29-15-19(13-24(29)30)25(31)28-27-20-6-4-7-22(14-20)32-16-18-5-2-3-8-23(18)26/h2-12,14,19,27H,13,15-16H2,1H3,(H,28,31)/t19-/m0/s1. The zero-order valence-corrected chi connectivity index (χ0v) is 18.4. The number of benzene rings is 3. The number of anilines is 2. The predicted octanol–water partition coefficient (Wildman–Crippen LogP) is 4.72. The largest absolute Gasteiger partial charge is 0.489 e. The summed E-state index contributed by atoms with van der Waals surface area (Å²) in [6, 6.07) is 22.5. The lowest BCUT2D eigenvalue weighted by Crippen LogP contribution is -2.36. The number of hydrogen-bond donors (Lipinski definition) is 2. The molecule has 0 unspecified atom stereocenters. The minimum atomic E-state index is -0.420. The molecule has 1 aliphatic heterocycles. The Bertz CT molecular complexity index is 1120. The number of carbonyl (C=O) groups is 2. The van der Waals surface area contributed by atoms with Crippen LogP contribution in [0, 0.1) is 12.8 Å². The van der Waals surface area contributed by atoms with E-state index in [-0.39, 0.29) is 18.2 Å². The second kappa shape index (κ2) is 9.75. The van der Waals surface area contributed by atoms with Gasteiger partial charge in [0.25, 0.3) is 0 Å². The van der Waals surface area contributed by atoms with Crippen molar-refractivity contribution in [2.24, 2.45) is 5.92 Å². The fraction of sp³-hybridized carbons (Fsp3) is 0.200. The van der Waals surface area contributed by atoms with E-state index in [2.05, 4.69) is 10.9 Å². The molecule has 3 aromatic carbocycles. The summed E-state index contributed by atoms with van der Waals surface area (Å²) in [4.78, 5) is 26.7. The minimum Gasteiger partial charge on any atom is -0.489 e. The Balaban J connectivity index is 1.31. The van der Waals surface area contributed by atoms with E-state index in [0.29, 0.717) is 29.6 Å². The molecule has 0 spiro atoms. The lowest BCUT2D eigenvalue weighted by atomic mass is 10.1. The fourth-order valence-corrected chi connectivity index (χ4v) is 3.72. The van der Waals surface area contributed by atoms with E-state index >= 15 is 0 Å². The number of halogens is 1. The lowest BCUT2D eigenvalue weighted by molar-refractivity contribution is -0.125. The number of amides is 2. The third-order valence-electron chi connectivity index (χ3n) is 5.36. The SMILES string of the molecule is Cc1ccc(N2C[C@@H](C(=O)NNc3cccc(OCc4ccccc4Cl)c3)CC2=O)cc1. The zero-order valence-electron chi connectivity index (χ0n) is 17.7. The first-order valence-corrected chi connectivity index (χ1v) is 10.8. The Morgan fingerprint density at radius 2 is 1.88 bits per heavy atom. The summed E-state index contributed by atoms with van der Waals surface area (Å²) in [5, 5.41) is 0.653. The van der Waals surface area contributed by atoms with Gasteiger partial charge in [-0.2, -0.15) is 0 Å². The van der Waals surface area contributed by atoms with Crippen molar-refractivity contribution in [1.29, 1.82) is 0 Å². The van der Waals surface area contributed by atoms with Crippen LogP contribution in [0.5, 0.6) is 5.75 Å². The highest BCUT2D eigenvalue weighted by Crippen LogP contribution is 2.26. The maximum absolute atomic E-state index is 12.6. The number of hydrazine groups is 1. The summed E-state index contributed by atoms with van der Waals surface area (Å²) < 4.78 is 5.82. The van der Waals surface area contributed by atoms with Gasteiger partial charge < -0.3 is 9.64 Å². The Kier molecular flexibility index (Phi) is 6.61. The fourth-order valence-electron chi connectivity index (χ4n) is 3.53. The van der Waals surface area contributed by atoms with Gasteiger partial charge in [0, 0.05) is 35.3 Å². The quantitative estimate of drug-likeness (QED) is 0.512. The second-order valence-electron chi connectivity index (χ2n) is 7.76. The molecule has 0 bridgehead atoms. The third-order valence-corrected chi connectivity index (χ3v) is 5.73. The highest BCUT2D eigenvalue weighted by Gasteiger charge is 2.35. The molecule has 1 aliphatic rings. The average Bonchev–Trinajstić information content (AvgIpc) is 3.19. The molecule has 0 aliphatic carbocycles. The predicted molar refractivity (Wildman–Crippen MR) is 126 cm³/mol. The Morgan fingerprint density at radius 1 is 1.09 bits per heavy atom. The summed E-state index contributed by atoms with van der Waals surface area (Å²) in [5.74, 6) is -0.0546. The van der Waals surface area contributed by atoms with Gasteiger partial charge >= 0.3 is 0 Å². The van der Waals surface area contributed by atoms with Crippen LogP contribution in [0.2, 0.25) is 5.02 Å². The summed E-state index contributed by atoms with van der Waals surface area (Å²) in [5.41, 5.74) is 9.12. The number of nitrogens with one attached hydrogen (secondary N) is 2.